The first-order valence-electron chi connectivity index (χ1n) is 8.72. The van der Waals surface area contributed by atoms with Gasteiger partial charge in [0.2, 0.25) is 0 Å². The molecular weight excluding hydrogens is 304 g/mol. The summed E-state index contributed by atoms with van der Waals surface area (Å²) < 4.78 is 5.78. The Hall–Kier alpha value is -1.10. The van der Waals surface area contributed by atoms with Crippen LogP contribution in [0.15, 0.2) is 33.4 Å². The molecule has 1 spiro atoms. The van der Waals surface area contributed by atoms with E-state index in [1.807, 2.05) is 18.3 Å². The van der Waals surface area contributed by atoms with Crippen molar-refractivity contribution in [3.63, 3.8) is 0 Å². The number of nitrogens with zero attached hydrogens (tertiary/aromatic N) is 2. The summed E-state index contributed by atoms with van der Waals surface area (Å²) in [5.74, 6) is 2.14. The van der Waals surface area contributed by atoms with Gasteiger partial charge < -0.3 is 4.42 Å². The number of likely N-dealkylation sites (tertiary alicyclic amines) is 2. The molecule has 124 valence electrons. The molecule has 3 nitrogen and oxygen atoms in total. The molecule has 0 bridgehead atoms. The van der Waals surface area contributed by atoms with Crippen LogP contribution in [-0.4, -0.2) is 36.0 Å². The highest BCUT2D eigenvalue weighted by Crippen LogP contribution is 2.39. The third kappa shape index (κ3) is 3.54. The molecule has 2 aliphatic rings. The number of hydrogen-bond donors (Lipinski definition) is 0. The van der Waals surface area contributed by atoms with Gasteiger partial charge in [-0.15, -0.1) is 0 Å². The molecular formula is C19H26N2OS. The second-order valence-electron chi connectivity index (χ2n) is 7.42. The van der Waals surface area contributed by atoms with Crippen LogP contribution >= 0.6 is 11.3 Å². The van der Waals surface area contributed by atoms with Gasteiger partial charge in [0.05, 0.1) is 6.54 Å². The van der Waals surface area contributed by atoms with Crippen LogP contribution in [0.1, 0.15) is 36.3 Å². The summed E-state index contributed by atoms with van der Waals surface area (Å²) in [6.07, 6.45) is 4.07. The smallest absolute Gasteiger partial charge is 0.118 e. The summed E-state index contributed by atoms with van der Waals surface area (Å²) in [6.45, 7) is 9.09. The highest BCUT2D eigenvalue weighted by Gasteiger charge is 2.41. The van der Waals surface area contributed by atoms with Gasteiger partial charge in [-0.05, 0) is 79.2 Å². The monoisotopic (exact) mass is 330 g/mol. The first kappa shape index (κ1) is 15.4. The van der Waals surface area contributed by atoms with Gasteiger partial charge in [-0.1, -0.05) is 0 Å². The molecule has 2 fully saturated rings. The van der Waals surface area contributed by atoms with E-state index < -0.39 is 0 Å². The van der Waals surface area contributed by atoms with Crippen molar-refractivity contribution in [1.82, 2.24) is 9.80 Å². The van der Waals surface area contributed by atoms with E-state index in [1.54, 1.807) is 0 Å². The minimum atomic E-state index is 0.510. The first-order valence-corrected chi connectivity index (χ1v) is 9.66. The molecule has 23 heavy (non-hydrogen) atoms. The van der Waals surface area contributed by atoms with Crippen molar-refractivity contribution in [1.29, 1.82) is 0 Å². The predicted octanol–water partition coefficient (Wildman–Crippen LogP) is 4.14. The summed E-state index contributed by atoms with van der Waals surface area (Å²) in [6, 6.07) is 6.48. The molecule has 0 saturated carbocycles. The third-order valence-electron chi connectivity index (χ3n) is 5.42. The number of hydrogen-bond acceptors (Lipinski definition) is 4. The van der Waals surface area contributed by atoms with Gasteiger partial charge in [0, 0.05) is 19.6 Å². The molecule has 1 atom stereocenters. The molecule has 2 aromatic heterocycles. The Morgan fingerprint density at radius 2 is 1.96 bits per heavy atom. The summed E-state index contributed by atoms with van der Waals surface area (Å²) in [5.41, 5.74) is 1.99. The third-order valence-corrected chi connectivity index (χ3v) is 6.15. The van der Waals surface area contributed by atoms with Crippen LogP contribution in [0.2, 0.25) is 0 Å². The number of piperidine rings is 1. The lowest BCUT2D eigenvalue weighted by atomic mass is 9.79. The summed E-state index contributed by atoms with van der Waals surface area (Å²) in [4.78, 5) is 5.26. The molecule has 2 aliphatic heterocycles. The second-order valence-corrected chi connectivity index (χ2v) is 8.20. The van der Waals surface area contributed by atoms with E-state index in [0.717, 1.165) is 24.6 Å². The van der Waals surface area contributed by atoms with E-state index in [-0.39, 0.29) is 0 Å². The molecule has 0 amide bonds. The lowest BCUT2D eigenvalue weighted by Gasteiger charge is -2.40. The van der Waals surface area contributed by atoms with Crippen LogP contribution in [0.5, 0.6) is 0 Å². The maximum absolute atomic E-state index is 5.78. The van der Waals surface area contributed by atoms with E-state index in [9.17, 15) is 0 Å². The standard InChI is InChI=1S/C19H26N2OS/c1-16-3-4-18(22-16)12-20-8-2-6-19(14-20)7-9-21(15-19)11-17-5-10-23-13-17/h3-5,10,13H,2,6-9,11-12,14-15H2,1H3. The zero-order valence-electron chi connectivity index (χ0n) is 14.0. The van der Waals surface area contributed by atoms with Crippen LogP contribution in [0.3, 0.4) is 0 Å². The highest BCUT2D eigenvalue weighted by atomic mass is 32.1. The van der Waals surface area contributed by atoms with E-state index in [2.05, 4.69) is 38.8 Å². The average Bonchev–Trinajstić information content (AvgIpc) is 3.24. The van der Waals surface area contributed by atoms with Gasteiger partial charge in [0.15, 0.2) is 0 Å². The topological polar surface area (TPSA) is 19.6 Å². The van der Waals surface area contributed by atoms with E-state index >= 15 is 0 Å². The van der Waals surface area contributed by atoms with Crippen LogP contribution in [-0.2, 0) is 13.1 Å². The van der Waals surface area contributed by atoms with E-state index in [0.29, 0.717) is 5.41 Å². The van der Waals surface area contributed by atoms with Gasteiger partial charge in [-0.25, -0.2) is 0 Å². The van der Waals surface area contributed by atoms with E-state index in [4.69, 9.17) is 4.42 Å². The Morgan fingerprint density at radius 3 is 2.70 bits per heavy atom. The fraction of sp³-hybridized carbons (Fsp3) is 0.579. The number of rotatable bonds is 4. The molecule has 2 saturated heterocycles. The molecule has 0 radical (unpaired) electrons. The van der Waals surface area contributed by atoms with Crippen LogP contribution in [0.4, 0.5) is 0 Å². The van der Waals surface area contributed by atoms with Crippen molar-refractivity contribution in [3.05, 3.63) is 46.0 Å². The average molecular weight is 330 g/mol. The molecule has 0 N–H and O–H groups in total. The zero-order valence-corrected chi connectivity index (χ0v) is 14.8. The van der Waals surface area contributed by atoms with E-state index in [1.165, 1.54) is 51.0 Å². The van der Waals surface area contributed by atoms with Crippen LogP contribution in [0, 0.1) is 12.3 Å². The van der Waals surface area contributed by atoms with Crippen molar-refractivity contribution < 1.29 is 4.42 Å². The molecule has 0 aliphatic carbocycles. The van der Waals surface area contributed by atoms with Crippen molar-refractivity contribution in [2.45, 2.75) is 39.3 Å². The van der Waals surface area contributed by atoms with Crippen molar-refractivity contribution in [2.24, 2.45) is 5.41 Å². The SMILES string of the molecule is Cc1ccc(CN2CCCC3(CCN(Cc4ccsc4)C3)C2)o1. The second kappa shape index (κ2) is 6.42. The number of aryl methyl sites for hydroxylation is 1. The van der Waals surface area contributed by atoms with Gasteiger partial charge in [-0.3, -0.25) is 9.80 Å². The van der Waals surface area contributed by atoms with Crippen molar-refractivity contribution in [3.8, 4) is 0 Å². The fourth-order valence-corrected chi connectivity index (χ4v) is 5.03. The summed E-state index contributed by atoms with van der Waals surface area (Å²) in [5, 5.41) is 4.48. The maximum Gasteiger partial charge on any atom is 0.118 e. The molecule has 0 aromatic carbocycles. The number of furan rings is 1. The highest BCUT2D eigenvalue weighted by molar-refractivity contribution is 7.07. The Bertz CT molecular complexity index is 636. The Labute approximate surface area is 142 Å². The van der Waals surface area contributed by atoms with Crippen molar-refractivity contribution in [2.75, 3.05) is 26.2 Å². The maximum atomic E-state index is 5.78. The quantitative estimate of drug-likeness (QED) is 0.840. The summed E-state index contributed by atoms with van der Waals surface area (Å²) >= 11 is 1.81. The Balaban J connectivity index is 1.37. The molecule has 4 rings (SSSR count). The Morgan fingerprint density at radius 1 is 1.09 bits per heavy atom. The molecule has 4 heteroatoms. The van der Waals surface area contributed by atoms with Crippen LogP contribution < -0.4 is 0 Å². The zero-order chi connectivity index (χ0) is 15.7. The van der Waals surface area contributed by atoms with Gasteiger partial charge in [0.1, 0.15) is 11.5 Å². The summed E-state index contributed by atoms with van der Waals surface area (Å²) in [7, 11) is 0. The van der Waals surface area contributed by atoms with Crippen molar-refractivity contribution >= 4 is 11.3 Å². The van der Waals surface area contributed by atoms with Gasteiger partial charge >= 0.3 is 0 Å². The number of thiophene rings is 1. The first-order chi connectivity index (χ1) is 11.2. The van der Waals surface area contributed by atoms with Gasteiger partial charge in [-0.2, -0.15) is 11.3 Å². The van der Waals surface area contributed by atoms with Gasteiger partial charge in [0.25, 0.3) is 0 Å². The lowest BCUT2D eigenvalue weighted by molar-refractivity contribution is 0.0813. The normalized spacial score (nSPS) is 26.3. The largest absolute Gasteiger partial charge is 0.465 e. The molecule has 2 aromatic rings. The Kier molecular flexibility index (Phi) is 4.31. The minimum absolute atomic E-state index is 0.510. The predicted molar refractivity (Wildman–Crippen MR) is 94.6 cm³/mol. The lowest BCUT2D eigenvalue weighted by Crippen LogP contribution is -2.44. The van der Waals surface area contributed by atoms with Crippen LogP contribution in [0.25, 0.3) is 0 Å². The fourth-order valence-electron chi connectivity index (χ4n) is 4.37. The molecule has 1 unspecified atom stereocenters. The molecule has 4 heterocycles. The minimum Gasteiger partial charge on any atom is -0.465 e.